The van der Waals surface area contributed by atoms with Gasteiger partial charge in [0.05, 0.1) is 17.7 Å². The molecule has 1 aromatic rings. The second-order valence-electron chi connectivity index (χ2n) is 4.52. The van der Waals surface area contributed by atoms with Crippen LogP contribution in [-0.2, 0) is 0 Å². The molecule has 20 heavy (non-hydrogen) atoms. The first kappa shape index (κ1) is 16.6. The number of ether oxygens (including phenoxy) is 1. The molecule has 3 N–H and O–H groups in total. The van der Waals surface area contributed by atoms with Gasteiger partial charge in [-0.1, -0.05) is 30.7 Å². The Morgan fingerprint density at radius 2 is 2.00 bits per heavy atom. The lowest BCUT2D eigenvalue weighted by molar-refractivity contribution is 0.179. The molecule has 0 aliphatic rings. The molecule has 0 aromatic heterocycles. The van der Waals surface area contributed by atoms with Crippen LogP contribution < -0.4 is 15.4 Å². The van der Waals surface area contributed by atoms with Crippen molar-refractivity contribution in [2.75, 3.05) is 13.1 Å². The van der Waals surface area contributed by atoms with E-state index < -0.39 is 6.10 Å². The number of rotatable bonds is 7. The van der Waals surface area contributed by atoms with Crippen molar-refractivity contribution >= 4 is 17.6 Å². The van der Waals surface area contributed by atoms with Gasteiger partial charge in [-0.3, -0.25) is 0 Å². The van der Waals surface area contributed by atoms with E-state index in [1.165, 1.54) is 0 Å². The highest BCUT2D eigenvalue weighted by Crippen LogP contribution is 2.24. The number of amides is 2. The highest BCUT2D eigenvalue weighted by Gasteiger charge is 2.12. The van der Waals surface area contributed by atoms with Gasteiger partial charge in [-0.25, -0.2) is 4.79 Å². The van der Waals surface area contributed by atoms with E-state index in [9.17, 15) is 4.79 Å². The molecule has 112 valence electrons. The number of hydrogen-bond donors (Lipinski definition) is 3. The van der Waals surface area contributed by atoms with Gasteiger partial charge in [-0.05, 0) is 25.5 Å². The fourth-order valence-electron chi connectivity index (χ4n) is 1.50. The molecule has 0 radical (unpaired) electrons. The summed E-state index contributed by atoms with van der Waals surface area (Å²) in [4.78, 5) is 11.5. The van der Waals surface area contributed by atoms with Crippen LogP contribution >= 0.6 is 11.6 Å². The first-order valence-electron chi connectivity index (χ1n) is 6.63. The zero-order valence-corrected chi connectivity index (χ0v) is 12.5. The Hall–Kier alpha value is -1.46. The van der Waals surface area contributed by atoms with Crippen molar-refractivity contribution in [1.29, 1.82) is 0 Å². The molecule has 6 heteroatoms. The van der Waals surface area contributed by atoms with Crippen LogP contribution in [0.2, 0.25) is 5.02 Å². The summed E-state index contributed by atoms with van der Waals surface area (Å²) in [7, 11) is 0. The summed E-state index contributed by atoms with van der Waals surface area (Å²) in [6.07, 6.45) is 0.0105. The molecule has 0 bridgehead atoms. The number of hydrogen-bond acceptors (Lipinski definition) is 3. The van der Waals surface area contributed by atoms with Gasteiger partial charge in [0.25, 0.3) is 0 Å². The molecule has 0 heterocycles. The van der Waals surface area contributed by atoms with Gasteiger partial charge in [0.2, 0.25) is 0 Å². The van der Waals surface area contributed by atoms with Crippen LogP contribution in [0.25, 0.3) is 0 Å². The Bertz CT molecular complexity index is 427. The van der Waals surface area contributed by atoms with Crippen molar-refractivity contribution in [3.05, 3.63) is 29.3 Å². The molecule has 0 unspecified atom stereocenters. The number of urea groups is 1. The number of aliphatic hydroxyl groups is 1. The van der Waals surface area contributed by atoms with Gasteiger partial charge in [-0.15, -0.1) is 0 Å². The number of carbonyl (C=O) groups is 1. The first-order chi connectivity index (χ1) is 9.52. The van der Waals surface area contributed by atoms with E-state index in [1.54, 1.807) is 19.1 Å². The van der Waals surface area contributed by atoms with Crippen LogP contribution in [-0.4, -0.2) is 36.4 Å². The summed E-state index contributed by atoms with van der Waals surface area (Å²) in [5.41, 5.74) is 0. The molecule has 1 aromatic carbocycles. The number of carbonyl (C=O) groups excluding carboxylic acids is 1. The van der Waals surface area contributed by atoms with Gasteiger partial charge >= 0.3 is 6.03 Å². The molecule has 0 aliphatic carbocycles. The van der Waals surface area contributed by atoms with Crippen molar-refractivity contribution < 1.29 is 14.6 Å². The van der Waals surface area contributed by atoms with Crippen molar-refractivity contribution in [3.63, 3.8) is 0 Å². The SMILES string of the molecule is CC[C@H](CNC(=O)NC[C@@H](C)O)Oc1ccccc1Cl. The molecule has 2 atom stereocenters. The maximum Gasteiger partial charge on any atom is 0.315 e. The van der Waals surface area contributed by atoms with Gasteiger partial charge in [0, 0.05) is 6.54 Å². The van der Waals surface area contributed by atoms with E-state index in [2.05, 4.69) is 10.6 Å². The van der Waals surface area contributed by atoms with Crippen molar-refractivity contribution in [2.45, 2.75) is 32.5 Å². The standard InChI is InChI=1S/C14H21ClN2O3/c1-3-11(9-17-14(19)16-8-10(2)18)20-13-7-5-4-6-12(13)15/h4-7,10-11,18H,3,8-9H2,1-2H3,(H2,16,17,19)/t10-,11-/m1/s1. The van der Waals surface area contributed by atoms with E-state index >= 15 is 0 Å². The van der Waals surface area contributed by atoms with E-state index in [4.69, 9.17) is 21.4 Å². The average Bonchev–Trinajstić information content (AvgIpc) is 2.43. The van der Waals surface area contributed by atoms with Crippen LogP contribution in [0.15, 0.2) is 24.3 Å². The molecule has 1 rings (SSSR count). The molecule has 2 amide bonds. The Labute approximate surface area is 124 Å². The van der Waals surface area contributed by atoms with Gasteiger partial charge in [0.1, 0.15) is 11.9 Å². The van der Waals surface area contributed by atoms with Crippen molar-refractivity contribution in [3.8, 4) is 5.75 Å². The smallest absolute Gasteiger partial charge is 0.315 e. The lowest BCUT2D eigenvalue weighted by Crippen LogP contribution is -2.43. The fraction of sp³-hybridized carbons (Fsp3) is 0.500. The Morgan fingerprint density at radius 3 is 2.60 bits per heavy atom. The van der Waals surface area contributed by atoms with Gasteiger partial charge < -0.3 is 20.5 Å². The maximum atomic E-state index is 11.5. The third-order valence-corrected chi connectivity index (χ3v) is 2.95. The summed E-state index contributed by atoms with van der Waals surface area (Å²) < 4.78 is 5.75. The summed E-state index contributed by atoms with van der Waals surface area (Å²) in [5.74, 6) is 0.604. The fourth-order valence-corrected chi connectivity index (χ4v) is 1.68. The summed E-state index contributed by atoms with van der Waals surface area (Å²) in [6.45, 7) is 4.16. The van der Waals surface area contributed by atoms with Crippen LogP contribution in [0.4, 0.5) is 4.79 Å². The number of benzene rings is 1. The Morgan fingerprint density at radius 1 is 1.35 bits per heavy atom. The van der Waals surface area contributed by atoms with E-state index in [0.29, 0.717) is 17.3 Å². The molecule has 0 spiro atoms. The van der Waals surface area contributed by atoms with Crippen LogP contribution in [0.1, 0.15) is 20.3 Å². The zero-order valence-electron chi connectivity index (χ0n) is 11.7. The predicted molar refractivity (Wildman–Crippen MR) is 79.2 cm³/mol. The quantitative estimate of drug-likeness (QED) is 0.723. The molecular weight excluding hydrogens is 280 g/mol. The Balaban J connectivity index is 2.40. The molecule has 0 saturated carbocycles. The Kier molecular flexibility index (Phi) is 7.18. The molecule has 0 fully saturated rings. The number of para-hydroxylation sites is 1. The third kappa shape index (κ3) is 6.12. The van der Waals surface area contributed by atoms with Crippen LogP contribution in [0.3, 0.4) is 0 Å². The summed E-state index contributed by atoms with van der Waals surface area (Å²) in [6, 6.07) is 6.89. The monoisotopic (exact) mass is 300 g/mol. The van der Waals surface area contributed by atoms with Gasteiger partial charge in [0.15, 0.2) is 0 Å². The predicted octanol–water partition coefficient (Wildman–Crippen LogP) is 2.18. The minimum absolute atomic E-state index is 0.160. The summed E-state index contributed by atoms with van der Waals surface area (Å²) in [5, 5.41) is 14.9. The second-order valence-corrected chi connectivity index (χ2v) is 4.93. The lowest BCUT2D eigenvalue weighted by atomic mass is 10.2. The van der Waals surface area contributed by atoms with Crippen LogP contribution in [0, 0.1) is 0 Å². The molecule has 0 aliphatic heterocycles. The topological polar surface area (TPSA) is 70.6 Å². The lowest BCUT2D eigenvalue weighted by Gasteiger charge is -2.19. The zero-order chi connectivity index (χ0) is 15.0. The largest absolute Gasteiger partial charge is 0.487 e. The minimum atomic E-state index is -0.568. The number of aliphatic hydroxyl groups excluding tert-OH is 1. The normalized spacial score (nSPS) is 13.4. The molecule has 5 nitrogen and oxygen atoms in total. The average molecular weight is 301 g/mol. The van der Waals surface area contributed by atoms with E-state index in [0.717, 1.165) is 6.42 Å². The number of nitrogens with one attached hydrogen (secondary N) is 2. The highest BCUT2D eigenvalue weighted by atomic mass is 35.5. The van der Waals surface area contributed by atoms with Crippen LogP contribution in [0.5, 0.6) is 5.75 Å². The molecular formula is C14H21ClN2O3. The number of halogens is 1. The summed E-state index contributed by atoms with van der Waals surface area (Å²) >= 11 is 6.02. The third-order valence-electron chi connectivity index (χ3n) is 2.63. The van der Waals surface area contributed by atoms with Crippen molar-refractivity contribution in [2.24, 2.45) is 0 Å². The van der Waals surface area contributed by atoms with E-state index in [-0.39, 0.29) is 18.7 Å². The minimum Gasteiger partial charge on any atom is -0.487 e. The van der Waals surface area contributed by atoms with Crippen molar-refractivity contribution in [1.82, 2.24) is 10.6 Å². The maximum absolute atomic E-state index is 11.5. The second kappa shape index (κ2) is 8.66. The van der Waals surface area contributed by atoms with E-state index in [1.807, 2.05) is 19.1 Å². The first-order valence-corrected chi connectivity index (χ1v) is 7.01. The molecule has 0 saturated heterocycles. The highest BCUT2D eigenvalue weighted by molar-refractivity contribution is 6.32. The van der Waals surface area contributed by atoms with Gasteiger partial charge in [-0.2, -0.15) is 0 Å².